The quantitative estimate of drug-likeness (QED) is 0.686. The first-order valence-electron chi connectivity index (χ1n) is 8.56. The third-order valence-corrected chi connectivity index (χ3v) is 3.78. The molecule has 0 aliphatic rings. The smallest absolute Gasteiger partial charge is 0.238 e. The van der Waals surface area contributed by atoms with Crippen LogP contribution >= 0.6 is 0 Å². The van der Waals surface area contributed by atoms with Crippen molar-refractivity contribution < 1.29 is 9.59 Å². The van der Waals surface area contributed by atoms with Crippen molar-refractivity contribution in [1.82, 2.24) is 5.32 Å². The summed E-state index contributed by atoms with van der Waals surface area (Å²) in [7, 11) is 0. The summed E-state index contributed by atoms with van der Waals surface area (Å²) in [6.07, 6.45) is 1.28. The maximum Gasteiger partial charge on any atom is 0.238 e. The third-order valence-electron chi connectivity index (χ3n) is 3.78. The lowest BCUT2D eigenvalue weighted by atomic mass is 10.1. The SMILES string of the molecule is CCCC(=O)Nc1cccc(NC(=O)CNC(C)c2ccccc2)c1. The molecule has 1 atom stereocenters. The number of carbonyl (C=O) groups excluding carboxylic acids is 2. The first kappa shape index (κ1) is 18.7. The molecule has 0 fully saturated rings. The van der Waals surface area contributed by atoms with Gasteiger partial charge < -0.3 is 16.0 Å². The zero-order chi connectivity index (χ0) is 18.1. The summed E-state index contributed by atoms with van der Waals surface area (Å²) in [6.45, 7) is 4.19. The fourth-order valence-corrected chi connectivity index (χ4v) is 2.44. The van der Waals surface area contributed by atoms with E-state index in [-0.39, 0.29) is 24.4 Å². The topological polar surface area (TPSA) is 70.2 Å². The number of nitrogens with one attached hydrogen (secondary N) is 3. The number of benzene rings is 2. The fourth-order valence-electron chi connectivity index (χ4n) is 2.44. The minimum atomic E-state index is -0.125. The number of hydrogen-bond donors (Lipinski definition) is 3. The maximum absolute atomic E-state index is 12.1. The Morgan fingerprint density at radius 3 is 2.20 bits per heavy atom. The molecule has 2 aromatic rings. The Balaban J connectivity index is 1.85. The van der Waals surface area contributed by atoms with E-state index in [0.29, 0.717) is 17.8 Å². The van der Waals surface area contributed by atoms with Crippen molar-refractivity contribution in [2.24, 2.45) is 0 Å². The minimum absolute atomic E-state index is 0.0238. The van der Waals surface area contributed by atoms with Crippen LogP contribution in [0, 0.1) is 0 Å². The Morgan fingerprint density at radius 2 is 1.56 bits per heavy atom. The highest BCUT2D eigenvalue weighted by atomic mass is 16.2. The Labute approximate surface area is 148 Å². The van der Waals surface area contributed by atoms with Crippen molar-refractivity contribution in [2.75, 3.05) is 17.2 Å². The Hall–Kier alpha value is -2.66. The van der Waals surface area contributed by atoms with Crippen molar-refractivity contribution in [3.63, 3.8) is 0 Å². The second kappa shape index (κ2) is 9.59. The van der Waals surface area contributed by atoms with Gasteiger partial charge in [-0.3, -0.25) is 9.59 Å². The molecule has 2 amide bonds. The summed E-state index contributed by atoms with van der Waals surface area (Å²) in [4.78, 5) is 23.8. The van der Waals surface area contributed by atoms with Gasteiger partial charge in [0.05, 0.1) is 6.54 Å². The van der Waals surface area contributed by atoms with Gasteiger partial charge in [0.2, 0.25) is 11.8 Å². The van der Waals surface area contributed by atoms with Gasteiger partial charge in [0.25, 0.3) is 0 Å². The average Bonchev–Trinajstić information content (AvgIpc) is 2.61. The normalized spacial score (nSPS) is 11.6. The first-order valence-corrected chi connectivity index (χ1v) is 8.56. The molecule has 0 radical (unpaired) electrons. The summed E-state index contributed by atoms with van der Waals surface area (Å²) in [5.74, 6) is -0.149. The molecule has 5 nitrogen and oxygen atoms in total. The van der Waals surface area contributed by atoms with Gasteiger partial charge in [0.1, 0.15) is 0 Å². The maximum atomic E-state index is 12.1. The molecule has 2 aromatic carbocycles. The Bertz CT molecular complexity index is 701. The standard InChI is InChI=1S/C20H25N3O2/c1-3-8-19(24)22-17-11-7-12-18(13-17)23-20(25)14-21-15(2)16-9-5-4-6-10-16/h4-7,9-13,15,21H,3,8,14H2,1-2H3,(H,22,24)(H,23,25). The largest absolute Gasteiger partial charge is 0.326 e. The number of anilines is 2. The molecule has 0 bridgehead atoms. The number of hydrogen-bond acceptors (Lipinski definition) is 3. The third kappa shape index (κ3) is 6.39. The summed E-state index contributed by atoms with van der Waals surface area (Å²) >= 11 is 0. The van der Waals surface area contributed by atoms with E-state index in [2.05, 4.69) is 16.0 Å². The number of amides is 2. The van der Waals surface area contributed by atoms with Crippen molar-refractivity contribution in [3.05, 3.63) is 60.2 Å². The molecule has 0 aliphatic carbocycles. The van der Waals surface area contributed by atoms with E-state index in [1.807, 2.05) is 44.2 Å². The Morgan fingerprint density at radius 1 is 0.920 bits per heavy atom. The number of carbonyl (C=O) groups is 2. The summed E-state index contributed by atoms with van der Waals surface area (Å²) in [5, 5.41) is 8.86. The van der Waals surface area contributed by atoms with E-state index >= 15 is 0 Å². The van der Waals surface area contributed by atoms with E-state index in [1.165, 1.54) is 0 Å². The molecule has 5 heteroatoms. The minimum Gasteiger partial charge on any atom is -0.326 e. The van der Waals surface area contributed by atoms with Crippen LogP contribution in [0.15, 0.2) is 54.6 Å². The predicted molar refractivity (Wildman–Crippen MR) is 101 cm³/mol. The van der Waals surface area contributed by atoms with E-state index in [0.717, 1.165) is 12.0 Å². The van der Waals surface area contributed by atoms with Gasteiger partial charge in [-0.15, -0.1) is 0 Å². The lowest BCUT2D eigenvalue weighted by molar-refractivity contribution is -0.116. The molecule has 132 valence electrons. The van der Waals surface area contributed by atoms with Crippen LogP contribution in [0.25, 0.3) is 0 Å². The molecule has 3 N–H and O–H groups in total. The van der Waals surface area contributed by atoms with E-state index in [4.69, 9.17) is 0 Å². The van der Waals surface area contributed by atoms with Gasteiger partial charge in [-0.1, -0.05) is 43.3 Å². The molecule has 25 heavy (non-hydrogen) atoms. The lowest BCUT2D eigenvalue weighted by Crippen LogP contribution is -2.30. The van der Waals surface area contributed by atoms with Crippen molar-refractivity contribution in [1.29, 1.82) is 0 Å². The van der Waals surface area contributed by atoms with Crippen LogP contribution in [0.1, 0.15) is 38.3 Å². The van der Waals surface area contributed by atoms with Crippen molar-refractivity contribution in [2.45, 2.75) is 32.7 Å². The van der Waals surface area contributed by atoms with Crippen molar-refractivity contribution >= 4 is 23.2 Å². The second-order valence-electron chi connectivity index (χ2n) is 5.94. The van der Waals surface area contributed by atoms with Gasteiger partial charge in [0, 0.05) is 23.8 Å². The van der Waals surface area contributed by atoms with Crippen LogP contribution in [0.2, 0.25) is 0 Å². The molecule has 0 aliphatic heterocycles. The molecule has 1 unspecified atom stereocenters. The first-order chi connectivity index (χ1) is 12.1. The van der Waals surface area contributed by atoms with Gasteiger partial charge in [-0.05, 0) is 37.1 Å². The monoisotopic (exact) mass is 339 g/mol. The average molecular weight is 339 g/mol. The lowest BCUT2D eigenvalue weighted by Gasteiger charge is -2.14. The van der Waals surface area contributed by atoms with Gasteiger partial charge >= 0.3 is 0 Å². The molecule has 2 rings (SSSR count). The van der Waals surface area contributed by atoms with Crippen molar-refractivity contribution in [3.8, 4) is 0 Å². The highest BCUT2D eigenvalue weighted by molar-refractivity contribution is 5.94. The highest BCUT2D eigenvalue weighted by Gasteiger charge is 2.08. The van der Waals surface area contributed by atoms with Crippen LogP contribution in [0.4, 0.5) is 11.4 Å². The van der Waals surface area contributed by atoms with Gasteiger partial charge in [-0.25, -0.2) is 0 Å². The molecule has 0 spiro atoms. The summed E-state index contributed by atoms with van der Waals surface area (Å²) in [6, 6.07) is 17.2. The zero-order valence-corrected chi connectivity index (χ0v) is 14.7. The van der Waals surface area contributed by atoms with Gasteiger partial charge in [0.15, 0.2) is 0 Å². The van der Waals surface area contributed by atoms with Crippen LogP contribution in [-0.4, -0.2) is 18.4 Å². The number of rotatable bonds is 8. The highest BCUT2D eigenvalue weighted by Crippen LogP contribution is 2.16. The van der Waals surface area contributed by atoms with E-state index < -0.39 is 0 Å². The van der Waals surface area contributed by atoms with Crippen LogP contribution in [-0.2, 0) is 9.59 Å². The van der Waals surface area contributed by atoms with Gasteiger partial charge in [-0.2, -0.15) is 0 Å². The Kier molecular flexibility index (Phi) is 7.16. The van der Waals surface area contributed by atoms with Crippen LogP contribution in [0.3, 0.4) is 0 Å². The van der Waals surface area contributed by atoms with E-state index in [9.17, 15) is 9.59 Å². The molecular formula is C20H25N3O2. The molecule has 0 saturated carbocycles. The summed E-state index contributed by atoms with van der Waals surface area (Å²) < 4.78 is 0. The summed E-state index contributed by atoms with van der Waals surface area (Å²) in [5.41, 5.74) is 2.48. The van der Waals surface area contributed by atoms with Crippen LogP contribution in [0.5, 0.6) is 0 Å². The molecule has 0 heterocycles. The predicted octanol–water partition coefficient (Wildman–Crippen LogP) is 3.71. The second-order valence-corrected chi connectivity index (χ2v) is 5.94. The zero-order valence-electron chi connectivity index (χ0n) is 14.7. The van der Waals surface area contributed by atoms with Crippen LogP contribution < -0.4 is 16.0 Å². The van der Waals surface area contributed by atoms with E-state index in [1.54, 1.807) is 24.3 Å². The molecule has 0 saturated heterocycles. The molecule has 0 aromatic heterocycles. The fraction of sp³-hybridized carbons (Fsp3) is 0.300. The molecular weight excluding hydrogens is 314 g/mol.